The van der Waals surface area contributed by atoms with Crippen LogP contribution in [0.4, 0.5) is 0 Å². The van der Waals surface area contributed by atoms with Crippen LogP contribution in [0.3, 0.4) is 0 Å². The third-order valence-corrected chi connectivity index (χ3v) is 2.19. The van der Waals surface area contributed by atoms with Crippen molar-refractivity contribution in [3.63, 3.8) is 0 Å². The summed E-state index contributed by atoms with van der Waals surface area (Å²) in [4.78, 5) is 21.6. The van der Waals surface area contributed by atoms with E-state index in [1.54, 1.807) is 30.3 Å². The molecule has 16 heavy (non-hydrogen) atoms. The molecule has 1 rings (SSSR count). The number of benzene rings is 1. The van der Waals surface area contributed by atoms with Crippen LogP contribution in [0.5, 0.6) is 0 Å². The Morgan fingerprint density at radius 2 is 1.69 bits per heavy atom. The molecule has 0 amide bonds. The summed E-state index contributed by atoms with van der Waals surface area (Å²) in [5, 5.41) is 17.6. The van der Waals surface area contributed by atoms with E-state index in [0.717, 1.165) is 12.5 Å². The van der Waals surface area contributed by atoms with Gasteiger partial charge in [0.25, 0.3) is 5.60 Å². The first-order chi connectivity index (χ1) is 7.47. The zero-order chi connectivity index (χ0) is 12.2. The van der Waals surface area contributed by atoms with Gasteiger partial charge in [-0.3, -0.25) is 0 Å². The number of carbonyl (C=O) groups is 2. The molecule has 0 aliphatic heterocycles. The first-order valence-corrected chi connectivity index (χ1v) is 4.61. The molecular formula is C11H12O5. The molecule has 0 aliphatic rings. The van der Waals surface area contributed by atoms with Crippen LogP contribution >= 0.6 is 0 Å². The number of carboxylic acid groups (broad SMARTS) is 2. The predicted octanol–water partition coefficient (Wildman–Crippen LogP) is 1.13. The summed E-state index contributed by atoms with van der Waals surface area (Å²) >= 11 is 0. The number of hydrogen-bond donors (Lipinski definition) is 2. The molecule has 5 heteroatoms. The van der Waals surface area contributed by atoms with Crippen LogP contribution < -0.4 is 0 Å². The molecule has 0 saturated heterocycles. The summed E-state index contributed by atoms with van der Waals surface area (Å²) in [5.74, 6) is -3.04. The minimum atomic E-state index is -2.21. The van der Waals surface area contributed by atoms with Crippen molar-refractivity contribution in [3.8, 4) is 0 Å². The summed E-state index contributed by atoms with van der Waals surface area (Å²) in [6, 6.07) is 8.78. The molecule has 0 radical (unpaired) electrons. The molecule has 0 spiro atoms. The molecule has 0 aliphatic carbocycles. The van der Waals surface area contributed by atoms with E-state index >= 15 is 0 Å². The van der Waals surface area contributed by atoms with E-state index < -0.39 is 17.5 Å². The molecule has 0 unspecified atom stereocenters. The lowest BCUT2D eigenvalue weighted by Gasteiger charge is -2.20. The fraction of sp³-hybridized carbons (Fsp3) is 0.273. The second kappa shape index (κ2) is 4.76. The highest BCUT2D eigenvalue weighted by molar-refractivity contribution is 6.01. The van der Waals surface area contributed by atoms with Gasteiger partial charge in [-0.1, -0.05) is 30.3 Å². The normalized spacial score (nSPS) is 11.1. The van der Waals surface area contributed by atoms with Crippen molar-refractivity contribution in [1.29, 1.82) is 0 Å². The number of aliphatic carboxylic acids is 2. The van der Waals surface area contributed by atoms with Crippen molar-refractivity contribution >= 4 is 11.9 Å². The highest BCUT2D eigenvalue weighted by Crippen LogP contribution is 2.14. The lowest BCUT2D eigenvalue weighted by molar-refractivity contribution is -0.182. The Morgan fingerprint density at radius 1 is 1.19 bits per heavy atom. The molecule has 0 fully saturated rings. The number of rotatable bonds is 5. The second-order valence-corrected chi connectivity index (χ2v) is 3.42. The maximum absolute atomic E-state index is 10.8. The summed E-state index contributed by atoms with van der Waals surface area (Å²) in [7, 11) is 0. The van der Waals surface area contributed by atoms with Gasteiger partial charge in [-0.05, 0) is 12.5 Å². The molecule has 0 heterocycles. The van der Waals surface area contributed by atoms with Gasteiger partial charge >= 0.3 is 11.9 Å². The van der Waals surface area contributed by atoms with Gasteiger partial charge in [0.15, 0.2) is 0 Å². The van der Waals surface area contributed by atoms with E-state index in [4.69, 9.17) is 14.9 Å². The lowest BCUT2D eigenvalue weighted by atomic mass is 10.1. The van der Waals surface area contributed by atoms with Gasteiger partial charge in [0, 0.05) is 0 Å². The summed E-state index contributed by atoms with van der Waals surface area (Å²) in [6.45, 7) is 0.955. The Balaban J connectivity index is 2.72. The summed E-state index contributed by atoms with van der Waals surface area (Å²) in [6.07, 6.45) is 0. The van der Waals surface area contributed by atoms with Crippen LogP contribution in [0.1, 0.15) is 12.5 Å². The molecule has 0 bridgehead atoms. The van der Waals surface area contributed by atoms with Gasteiger partial charge in [0.2, 0.25) is 0 Å². The van der Waals surface area contributed by atoms with Crippen LogP contribution in [-0.2, 0) is 20.9 Å². The Bertz CT molecular complexity index is 371. The molecule has 5 nitrogen and oxygen atoms in total. The molecule has 2 N–H and O–H groups in total. The third-order valence-electron chi connectivity index (χ3n) is 2.19. The Kier molecular flexibility index (Phi) is 3.63. The van der Waals surface area contributed by atoms with E-state index in [1.807, 2.05) is 0 Å². The van der Waals surface area contributed by atoms with E-state index in [-0.39, 0.29) is 6.61 Å². The zero-order valence-electron chi connectivity index (χ0n) is 8.71. The maximum Gasteiger partial charge on any atom is 0.347 e. The minimum absolute atomic E-state index is 0.0596. The lowest BCUT2D eigenvalue weighted by Crippen LogP contribution is -2.46. The maximum atomic E-state index is 10.8. The number of carboxylic acids is 2. The zero-order valence-corrected chi connectivity index (χ0v) is 8.71. The van der Waals surface area contributed by atoms with Crippen LogP contribution in [0.2, 0.25) is 0 Å². The number of ether oxygens (including phenoxy) is 1. The molecule has 0 aromatic heterocycles. The van der Waals surface area contributed by atoms with Crippen molar-refractivity contribution in [2.45, 2.75) is 19.1 Å². The average Bonchev–Trinajstić information content (AvgIpc) is 2.26. The Labute approximate surface area is 92.3 Å². The highest BCUT2D eigenvalue weighted by Gasteiger charge is 2.43. The smallest absolute Gasteiger partial charge is 0.347 e. The van der Waals surface area contributed by atoms with Crippen LogP contribution in [-0.4, -0.2) is 27.8 Å². The van der Waals surface area contributed by atoms with E-state index in [0.29, 0.717) is 0 Å². The Morgan fingerprint density at radius 3 is 2.12 bits per heavy atom. The van der Waals surface area contributed by atoms with Gasteiger partial charge in [0.05, 0.1) is 6.61 Å². The van der Waals surface area contributed by atoms with Gasteiger partial charge in [-0.2, -0.15) is 0 Å². The van der Waals surface area contributed by atoms with Crippen LogP contribution in [0.25, 0.3) is 0 Å². The first-order valence-electron chi connectivity index (χ1n) is 4.61. The van der Waals surface area contributed by atoms with Gasteiger partial charge < -0.3 is 14.9 Å². The van der Waals surface area contributed by atoms with E-state index in [9.17, 15) is 9.59 Å². The van der Waals surface area contributed by atoms with Gasteiger partial charge in [-0.25, -0.2) is 9.59 Å². The predicted molar refractivity (Wildman–Crippen MR) is 54.9 cm³/mol. The quantitative estimate of drug-likeness (QED) is 0.732. The molecule has 86 valence electrons. The fourth-order valence-electron chi connectivity index (χ4n) is 1.02. The standard InChI is InChI=1S/C11H12O5/c1-11(9(12)13,10(14)15)16-7-8-5-3-2-4-6-8/h2-6H,7H2,1H3,(H,12,13)(H,14,15). The van der Waals surface area contributed by atoms with Crippen LogP contribution in [0.15, 0.2) is 30.3 Å². The van der Waals surface area contributed by atoms with E-state index in [2.05, 4.69) is 0 Å². The Hall–Kier alpha value is -1.88. The van der Waals surface area contributed by atoms with Crippen molar-refractivity contribution in [2.24, 2.45) is 0 Å². The van der Waals surface area contributed by atoms with Gasteiger partial charge in [0.1, 0.15) is 0 Å². The monoisotopic (exact) mass is 224 g/mol. The largest absolute Gasteiger partial charge is 0.479 e. The van der Waals surface area contributed by atoms with Crippen molar-refractivity contribution < 1.29 is 24.5 Å². The first kappa shape index (κ1) is 12.2. The second-order valence-electron chi connectivity index (χ2n) is 3.42. The average molecular weight is 224 g/mol. The van der Waals surface area contributed by atoms with Crippen molar-refractivity contribution in [1.82, 2.24) is 0 Å². The number of hydrogen-bond acceptors (Lipinski definition) is 3. The highest BCUT2D eigenvalue weighted by atomic mass is 16.5. The van der Waals surface area contributed by atoms with Crippen LogP contribution in [0, 0.1) is 0 Å². The molecule has 1 aromatic carbocycles. The molecular weight excluding hydrogens is 212 g/mol. The van der Waals surface area contributed by atoms with Crippen molar-refractivity contribution in [3.05, 3.63) is 35.9 Å². The summed E-state index contributed by atoms with van der Waals surface area (Å²) < 4.78 is 4.94. The van der Waals surface area contributed by atoms with Crippen molar-refractivity contribution in [2.75, 3.05) is 0 Å². The molecule has 1 aromatic rings. The van der Waals surface area contributed by atoms with E-state index in [1.165, 1.54) is 0 Å². The third kappa shape index (κ3) is 2.58. The molecule has 0 saturated carbocycles. The minimum Gasteiger partial charge on any atom is -0.479 e. The van der Waals surface area contributed by atoms with Gasteiger partial charge in [-0.15, -0.1) is 0 Å². The SMILES string of the molecule is CC(OCc1ccccc1)(C(=O)O)C(=O)O. The topological polar surface area (TPSA) is 83.8 Å². The summed E-state index contributed by atoms with van der Waals surface area (Å²) in [5.41, 5.74) is -1.49. The fourth-order valence-corrected chi connectivity index (χ4v) is 1.02. The molecule has 0 atom stereocenters.